The average molecular weight is 519 g/mol. The van der Waals surface area contributed by atoms with Gasteiger partial charge in [0.1, 0.15) is 12.4 Å². The molecule has 2 atom stereocenters. The van der Waals surface area contributed by atoms with E-state index in [1.54, 1.807) is 42.5 Å². The zero-order valence-corrected chi connectivity index (χ0v) is 21.8. The molecule has 194 valence electrons. The third kappa shape index (κ3) is 6.79. The van der Waals surface area contributed by atoms with Gasteiger partial charge in [-0.1, -0.05) is 48.5 Å². The van der Waals surface area contributed by atoms with Gasteiger partial charge in [-0.05, 0) is 98.5 Å². The fourth-order valence-electron chi connectivity index (χ4n) is 5.33. The number of amides is 1. The predicted molar refractivity (Wildman–Crippen MR) is 144 cm³/mol. The first-order chi connectivity index (χ1) is 18.0. The normalized spacial score (nSPS) is 20.3. The lowest BCUT2D eigenvalue weighted by molar-refractivity contribution is 0.0981. The summed E-state index contributed by atoms with van der Waals surface area (Å²) < 4.78 is 32.7. The van der Waals surface area contributed by atoms with Crippen molar-refractivity contribution in [3.63, 3.8) is 0 Å². The van der Waals surface area contributed by atoms with E-state index in [4.69, 9.17) is 4.74 Å². The van der Waals surface area contributed by atoms with Gasteiger partial charge in [-0.25, -0.2) is 13.1 Å². The maximum Gasteiger partial charge on any atom is 0.265 e. The molecule has 1 aliphatic carbocycles. The molecule has 37 heavy (non-hydrogen) atoms. The smallest absolute Gasteiger partial charge is 0.265 e. The standard InChI is InChI=1S/C30H34N2O4S/c33-30(31-37(34,35)28-9-5-2-6-10-28)25-11-13-27(14-12-25)36-20-19-32-17-15-23(16-18-32)21-26-22-29(26)24-7-3-1-4-8-24/h1-14,23,26,29H,15-22H2,(H,31,33)/t26-,29+/m1/s1. The molecule has 0 radical (unpaired) electrons. The lowest BCUT2D eigenvalue weighted by atomic mass is 9.90. The summed E-state index contributed by atoms with van der Waals surface area (Å²) in [6, 6.07) is 25.3. The van der Waals surface area contributed by atoms with Crippen LogP contribution in [0.25, 0.3) is 0 Å². The summed E-state index contributed by atoms with van der Waals surface area (Å²) in [6.07, 6.45) is 5.22. The van der Waals surface area contributed by atoms with Gasteiger partial charge in [0, 0.05) is 12.1 Å². The molecular formula is C30H34N2O4S. The van der Waals surface area contributed by atoms with Crippen molar-refractivity contribution >= 4 is 15.9 Å². The summed E-state index contributed by atoms with van der Waals surface area (Å²) in [5, 5.41) is 0. The van der Waals surface area contributed by atoms with Gasteiger partial charge in [-0.3, -0.25) is 9.69 Å². The Morgan fingerprint density at radius 1 is 0.892 bits per heavy atom. The zero-order chi connectivity index (χ0) is 25.7. The molecule has 3 aromatic rings. The minimum Gasteiger partial charge on any atom is -0.492 e. The van der Waals surface area contributed by atoms with Crippen molar-refractivity contribution in [2.45, 2.75) is 36.5 Å². The molecular weight excluding hydrogens is 484 g/mol. The Kier molecular flexibility index (Phi) is 7.91. The van der Waals surface area contributed by atoms with Crippen LogP contribution in [0.3, 0.4) is 0 Å². The van der Waals surface area contributed by atoms with E-state index in [0.717, 1.165) is 37.4 Å². The molecule has 0 bridgehead atoms. The van der Waals surface area contributed by atoms with Gasteiger partial charge < -0.3 is 4.74 Å². The Bertz CT molecular complexity index is 1270. The highest BCUT2D eigenvalue weighted by atomic mass is 32.2. The highest BCUT2D eigenvalue weighted by Gasteiger charge is 2.39. The molecule has 1 heterocycles. The number of sulfonamides is 1. The number of carbonyl (C=O) groups is 1. The van der Waals surface area contributed by atoms with Gasteiger partial charge in [0.25, 0.3) is 15.9 Å². The van der Waals surface area contributed by atoms with Crippen molar-refractivity contribution in [3.8, 4) is 5.75 Å². The number of carbonyl (C=O) groups excluding carboxylic acids is 1. The number of nitrogens with one attached hydrogen (secondary N) is 1. The number of benzene rings is 3. The van der Waals surface area contributed by atoms with E-state index in [1.165, 1.54) is 43.4 Å². The second-order valence-corrected chi connectivity index (χ2v) is 11.8. The lowest BCUT2D eigenvalue weighted by Crippen LogP contribution is -2.36. The van der Waals surface area contributed by atoms with E-state index >= 15 is 0 Å². The molecule has 1 N–H and O–H groups in total. The molecule has 1 aliphatic heterocycles. The molecule has 1 saturated carbocycles. The third-order valence-corrected chi connectivity index (χ3v) is 8.91. The van der Waals surface area contributed by atoms with Crippen molar-refractivity contribution in [3.05, 3.63) is 96.1 Å². The molecule has 6 nitrogen and oxygen atoms in total. The number of piperidine rings is 1. The van der Waals surface area contributed by atoms with Crippen LogP contribution in [0, 0.1) is 11.8 Å². The van der Waals surface area contributed by atoms with Gasteiger partial charge in [-0.2, -0.15) is 0 Å². The summed E-state index contributed by atoms with van der Waals surface area (Å²) >= 11 is 0. The van der Waals surface area contributed by atoms with Gasteiger partial charge in [-0.15, -0.1) is 0 Å². The summed E-state index contributed by atoms with van der Waals surface area (Å²) in [6.45, 7) is 3.69. The second-order valence-electron chi connectivity index (χ2n) is 10.2. The highest BCUT2D eigenvalue weighted by molar-refractivity contribution is 7.90. The molecule has 1 amide bonds. The van der Waals surface area contributed by atoms with Crippen LogP contribution in [0.2, 0.25) is 0 Å². The Hall–Kier alpha value is -3.16. The lowest BCUT2D eigenvalue weighted by Gasteiger charge is -2.32. The monoisotopic (exact) mass is 518 g/mol. The van der Waals surface area contributed by atoms with Crippen molar-refractivity contribution in [1.82, 2.24) is 9.62 Å². The Balaban J connectivity index is 1.01. The van der Waals surface area contributed by atoms with E-state index in [0.29, 0.717) is 12.4 Å². The Labute approximate surface area is 219 Å². The first-order valence-electron chi connectivity index (χ1n) is 13.1. The predicted octanol–water partition coefficient (Wildman–Crippen LogP) is 5.09. The van der Waals surface area contributed by atoms with Crippen LogP contribution < -0.4 is 9.46 Å². The molecule has 0 unspecified atom stereocenters. The highest BCUT2D eigenvalue weighted by Crippen LogP contribution is 2.51. The molecule has 5 rings (SSSR count). The van der Waals surface area contributed by atoms with Gasteiger partial charge >= 0.3 is 0 Å². The quantitative estimate of drug-likeness (QED) is 0.405. The molecule has 1 saturated heterocycles. The van der Waals surface area contributed by atoms with Crippen LogP contribution in [-0.2, 0) is 10.0 Å². The largest absolute Gasteiger partial charge is 0.492 e. The number of hydrogen-bond donors (Lipinski definition) is 1. The SMILES string of the molecule is O=C(NS(=O)(=O)c1ccccc1)c1ccc(OCCN2CCC(C[C@@H]3C[C@H]3c3ccccc3)CC2)cc1. The molecule has 2 aliphatic rings. The molecule has 0 aromatic heterocycles. The Morgan fingerprint density at radius 3 is 2.22 bits per heavy atom. The van der Waals surface area contributed by atoms with E-state index in [-0.39, 0.29) is 10.5 Å². The first kappa shape index (κ1) is 25.5. The van der Waals surface area contributed by atoms with Gasteiger partial charge in [0.15, 0.2) is 0 Å². The van der Waals surface area contributed by atoms with Crippen LogP contribution in [0.15, 0.2) is 89.8 Å². The Morgan fingerprint density at radius 2 is 1.54 bits per heavy atom. The summed E-state index contributed by atoms with van der Waals surface area (Å²) in [7, 11) is -3.90. The van der Waals surface area contributed by atoms with E-state index in [2.05, 4.69) is 40.0 Å². The van der Waals surface area contributed by atoms with Gasteiger partial charge in [0.05, 0.1) is 4.90 Å². The average Bonchev–Trinajstić information content (AvgIpc) is 3.70. The maximum absolute atomic E-state index is 12.4. The summed E-state index contributed by atoms with van der Waals surface area (Å²) in [4.78, 5) is 14.9. The topological polar surface area (TPSA) is 75.7 Å². The second kappa shape index (κ2) is 11.5. The van der Waals surface area contributed by atoms with E-state index < -0.39 is 15.9 Å². The van der Waals surface area contributed by atoms with Crippen LogP contribution in [0.1, 0.15) is 47.5 Å². The van der Waals surface area contributed by atoms with Crippen molar-refractivity contribution in [2.24, 2.45) is 11.8 Å². The molecule has 2 fully saturated rings. The first-order valence-corrected chi connectivity index (χ1v) is 14.6. The molecule has 0 spiro atoms. The number of likely N-dealkylation sites (tertiary alicyclic amines) is 1. The number of ether oxygens (including phenoxy) is 1. The maximum atomic E-state index is 12.4. The molecule has 3 aromatic carbocycles. The van der Waals surface area contributed by atoms with Crippen molar-refractivity contribution < 1.29 is 17.9 Å². The third-order valence-electron chi connectivity index (χ3n) is 7.57. The zero-order valence-electron chi connectivity index (χ0n) is 21.0. The van der Waals surface area contributed by atoms with E-state index in [1.807, 2.05) is 0 Å². The number of rotatable bonds is 10. The van der Waals surface area contributed by atoms with Gasteiger partial charge in [0.2, 0.25) is 0 Å². The minimum absolute atomic E-state index is 0.0521. The fraction of sp³-hybridized carbons (Fsp3) is 0.367. The van der Waals surface area contributed by atoms with Crippen LogP contribution in [-0.4, -0.2) is 45.5 Å². The number of nitrogens with zero attached hydrogens (tertiary/aromatic N) is 1. The van der Waals surface area contributed by atoms with Crippen molar-refractivity contribution in [2.75, 3.05) is 26.2 Å². The summed E-state index contributed by atoms with van der Waals surface area (Å²) in [5.74, 6) is 2.47. The van der Waals surface area contributed by atoms with Crippen LogP contribution in [0.5, 0.6) is 5.75 Å². The molecule has 7 heteroatoms. The van der Waals surface area contributed by atoms with Crippen LogP contribution >= 0.6 is 0 Å². The fourth-order valence-corrected chi connectivity index (χ4v) is 6.32. The van der Waals surface area contributed by atoms with Crippen LogP contribution in [0.4, 0.5) is 0 Å². The number of hydrogen-bond acceptors (Lipinski definition) is 5. The van der Waals surface area contributed by atoms with Crippen molar-refractivity contribution in [1.29, 1.82) is 0 Å². The minimum atomic E-state index is -3.90. The summed E-state index contributed by atoms with van der Waals surface area (Å²) in [5.41, 5.74) is 1.77. The van der Waals surface area contributed by atoms with E-state index in [9.17, 15) is 13.2 Å².